The molecule has 0 spiro atoms. The summed E-state index contributed by atoms with van der Waals surface area (Å²) in [6, 6.07) is 8.09. The highest BCUT2D eigenvalue weighted by Crippen LogP contribution is 2.42. The maximum atomic E-state index is 12.6. The van der Waals surface area contributed by atoms with E-state index >= 15 is 0 Å². The molecule has 6 nitrogen and oxygen atoms in total. The highest BCUT2D eigenvalue weighted by Gasteiger charge is 2.28. The number of nitrogens with one attached hydrogen (secondary N) is 1. The first-order valence-electron chi connectivity index (χ1n) is 9.22. The van der Waals surface area contributed by atoms with Crippen molar-refractivity contribution in [3.8, 4) is 5.75 Å². The van der Waals surface area contributed by atoms with Gasteiger partial charge >= 0.3 is 0 Å². The molecule has 2 aliphatic rings. The van der Waals surface area contributed by atoms with Crippen LogP contribution in [0.3, 0.4) is 0 Å². The van der Waals surface area contributed by atoms with Crippen molar-refractivity contribution in [2.45, 2.75) is 44.1 Å². The Balaban J connectivity index is 1.27. The minimum Gasteiger partial charge on any atom is -0.496 e. The molecule has 0 unspecified atom stereocenters. The molecule has 1 aromatic carbocycles. The fourth-order valence-corrected chi connectivity index (χ4v) is 4.35. The predicted molar refractivity (Wildman–Crippen MR) is 102 cm³/mol. The van der Waals surface area contributed by atoms with Gasteiger partial charge in [0.15, 0.2) is 0 Å². The maximum Gasteiger partial charge on any atom is 0.227 e. The van der Waals surface area contributed by atoms with Crippen LogP contribution in [-0.2, 0) is 11.2 Å². The SMILES string of the molecule is COc1ccccc1CC(=O)N1CCC(Nc2nnc(C3CC3)s2)CC1. The van der Waals surface area contributed by atoms with Crippen molar-refractivity contribution in [3.05, 3.63) is 34.8 Å². The Bertz CT molecular complexity index is 766. The first kappa shape index (κ1) is 17.3. The van der Waals surface area contributed by atoms with Crippen LogP contribution in [0.15, 0.2) is 24.3 Å². The van der Waals surface area contributed by atoms with E-state index in [1.165, 1.54) is 12.8 Å². The highest BCUT2D eigenvalue weighted by molar-refractivity contribution is 7.15. The van der Waals surface area contributed by atoms with E-state index in [0.29, 0.717) is 18.4 Å². The smallest absolute Gasteiger partial charge is 0.227 e. The number of rotatable bonds is 6. The molecule has 1 amide bonds. The number of likely N-dealkylation sites (tertiary alicyclic amines) is 1. The van der Waals surface area contributed by atoms with E-state index < -0.39 is 0 Å². The van der Waals surface area contributed by atoms with Gasteiger partial charge in [0.1, 0.15) is 10.8 Å². The number of amides is 1. The summed E-state index contributed by atoms with van der Waals surface area (Å²) in [5, 5.41) is 14.1. The molecule has 1 aliphatic heterocycles. The highest BCUT2D eigenvalue weighted by atomic mass is 32.1. The van der Waals surface area contributed by atoms with E-state index in [-0.39, 0.29) is 5.91 Å². The van der Waals surface area contributed by atoms with Gasteiger partial charge in [0, 0.05) is 30.6 Å². The van der Waals surface area contributed by atoms with Crippen molar-refractivity contribution in [2.24, 2.45) is 0 Å². The number of carbonyl (C=O) groups excluding carboxylic acids is 1. The fraction of sp³-hybridized carbons (Fsp3) is 0.526. The van der Waals surface area contributed by atoms with Crippen LogP contribution in [0.2, 0.25) is 0 Å². The molecule has 4 rings (SSSR count). The van der Waals surface area contributed by atoms with Gasteiger partial charge < -0.3 is 15.0 Å². The zero-order valence-corrected chi connectivity index (χ0v) is 15.8. The number of methoxy groups -OCH3 is 1. The van der Waals surface area contributed by atoms with E-state index in [4.69, 9.17) is 4.74 Å². The number of piperidine rings is 1. The van der Waals surface area contributed by atoms with E-state index in [1.807, 2.05) is 29.2 Å². The number of hydrogen-bond acceptors (Lipinski definition) is 6. The molecule has 1 saturated carbocycles. The van der Waals surface area contributed by atoms with Gasteiger partial charge in [-0.25, -0.2) is 0 Å². The summed E-state index contributed by atoms with van der Waals surface area (Å²) in [6.45, 7) is 1.56. The van der Waals surface area contributed by atoms with Crippen molar-refractivity contribution in [1.29, 1.82) is 0 Å². The zero-order chi connectivity index (χ0) is 17.9. The number of nitrogens with zero attached hydrogens (tertiary/aromatic N) is 3. The summed E-state index contributed by atoms with van der Waals surface area (Å²) in [7, 11) is 1.64. The number of ether oxygens (including phenoxy) is 1. The molecule has 26 heavy (non-hydrogen) atoms. The third-order valence-electron chi connectivity index (χ3n) is 5.08. The second-order valence-corrected chi connectivity index (χ2v) is 8.02. The molecule has 2 fully saturated rings. The van der Waals surface area contributed by atoms with E-state index in [0.717, 1.165) is 47.4 Å². The summed E-state index contributed by atoms with van der Waals surface area (Å²) in [4.78, 5) is 14.6. The molecule has 2 heterocycles. The van der Waals surface area contributed by atoms with Crippen LogP contribution in [0.1, 0.15) is 42.2 Å². The van der Waals surface area contributed by atoms with Gasteiger partial charge in [-0.15, -0.1) is 10.2 Å². The van der Waals surface area contributed by atoms with Crippen molar-refractivity contribution in [3.63, 3.8) is 0 Å². The molecule has 0 radical (unpaired) electrons. The van der Waals surface area contributed by atoms with Gasteiger partial charge in [-0.2, -0.15) is 0 Å². The topological polar surface area (TPSA) is 67.3 Å². The molecule has 138 valence electrons. The van der Waals surface area contributed by atoms with Crippen molar-refractivity contribution in [1.82, 2.24) is 15.1 Å². The standard InChI is InChI=1S/C19H24N4O2S/c1-25-16-5-3-2-4-14(16)12-17(24)23-10-8-15(9-11-23)20-19-22-21-18(26-19)13-6-7-13/h2-5,13,15H,6-12H2,1H3,(H,20,22). The lowest BCUT2D eigenvalue weighted by Gasteiger charge is -2.32. The number of benzene rings is 1. The van der Waals surface area contributed by atoms with Crippen molar-refractivity contribution in [2.75, 3.05) is 25.5 Å². The minimum absolute atomic E-state index is 0.167. The first-order chi connectivity index (χ1) is 12.7. The lowest BCUT2D eigenvalue weighted by molar-refractivity contribution is -0.131. The maximum absolute atomic E-state index is 12.6. The molecule has 0 bridgehead atoms. The minimum atomic E-state index is 0.167. The summed E-state index contributed by atoms with van der Waals surface area (Å²) in [5.41, 5.74) is 0.946. The Morgan fingerprint density at radius 3 is 2.73 bits per heavy atom. The van der Waals surface area contributed by atoms with E-state index in [2.05, 4.69) is 15.5 Å². The number of carbonyl (C=O) groups is 1. The van der Waals surface area contributed by atoms with Gasteiger partial charge in [-0.3, -0.25) is 4.79 Å². The van der Waals surface area contributed by atoms with Crippen LogP contribution < -0.4 is 10.1 Å². The molecular formula is C19H24N4O2S. The Hall–Kier alpha value is -2.15. The average molecular weight is 372 g/mol. The molecule has 7 heteroatoms. The Labute approximate surface area is 157 Å². The predicted octanol–water partition coefficient (Wildman–Crippen LogP) is 3.07. The van der Waals surface area contributed by atoms with Crippen LogP contribution in [-0.4, -0.2) is 47.2 Å². The normalized spacial score (nSPS) is 18.0. The third-order valence-corrected chi connectivity index (χ3v) is 6.09. The quantitative estimate of drug-likeness (QED) is 0.844. The molecule has 1 aromatic heterocycles. The van der Waals surface area contributed by atoms with Crippen LogP contribution >= 0.6 is 11.3 Å². The summed E-state index contributed by atoms with van der Waals surface area (Å²) in [6.07, 6.45) is 4.78. The van der Waals surface area contributed by atoms with E-state index in [1.54, 1.807) is 18.4 Å². The van der Waals surface area contributed by atoms with Crippen molar-refractivity contribution < 1.29 is 9.53 Å². The number of hydrogen-bond donors (Lipinski definition) is 1. The lowest BCUT2D eigenvalue weighted by Crippen LogP contribution is -2.43. The van der Waals surface area contributed by atoms with Crippen LogP contribution in [0.25, 0.3) is 0 Å². The molecular weight excluding hydrogens is 348 g/mol. The monoisotopic (exact) mass is 372 g/mol. The largest absolute Gasteiger partial charge is 0.496 e. The van der Waals surface area contributed by atoms with Gasteiger partial charge in [-0.1, -0.05) is 29.5 Å². The van der Waals surface area contributed by atoms with Gasteiger partial charge in [0.25, 0.3) is 0 Å². The molecule has 0 atom stereocenters. The Morgan fingerprint density at radius 1 is 1.23 bits per heavy atom. The van der Waals surface area contributed by atoms with Crippen LogP contribution in [0.5, 0.6) is 5.75 Å². The summed E-state index contributed by atoms with van der Waals surface area (Å²) in [5.74, 6) is 1.59. The fourth-order valence-electron chi connectivity index (χ4n) is 3.36. The first-order valence-corrected chi connectivity index (χ1v) is 10.0. The van der Waals surface area contributed by atoms with E-state index in [9.17, 15) is 4.79 Å². The summed E-state index contributed by atoms with van der Waals surface area (Å²) < 4.78 is 5.35. The lowest BCUT2D eigenvalue weighted by atomic mass is 10.0. The molecule has 1 aliphatic carbocycles. The average Bonchev–Trinajstić information content (AvgIpc) is 3.42. The Kier molecular flexibility index (Phi) is 5.06. The van der Waals surface area contributed by atoms with Gasteiger partial charge in [0.2, 0.25) is 11.0 Å². The zero-order valence-electron chi connectivity index (χ0n) is 15.0. The van der Waals surface area contributed by atoms with Crippen molar-refractivity contribution >= 4 is 22.4 Å². The molecule has 2 aromatic rings. The molecule has 1 N–H and O–H groups in total. The second kappa shape index (κ2) is 7.61. The second-order valence-electron chi connectivity index (χ2n) is 7.01. The number of anilines is 1. The number of aromatic nitrogens is 2. The number of para-hydroxylation sites is 1. The Morgan fingerprint density at radius 2 is 2.00 bits per heavy atom. The summed E-state index contributed by atoms with van der Waals surface area (Å²) >= 11 is 1.68. The molecule has 1 saturated heterocycles. The van der Waals surface area contributed by atoms with Crippen LogP contribution in [0.4, 0.5) is 5.13 Å². The van der Waals surface area contributed by atoms with Crippen LogP contribution in [0, 0.1) is 0 Å². The van der Waals surface area contributed by atoms with Gasteiger partial charge in [0.05, 0.1) is 13.5 Å². The van der Waals surface area contributed by atoms with Gasteiger partial charge in [-0.05, 0) is 31.7 Å². The third kappa shape index (κ3) is 3.98.